The molecule has 4 nitrogen and oxygen atoms in total. The fourth-order valence-corrected chi connectivity index (χ4v) is 2.78. The average molecular weight is 350 g/mol. The van der Waals surface area contributed by atoms with Crippen molar-refractivity contribution in [3.63, 3.8) is 0 Å². The van der Waals surface area contributed by atoms with E-state index < -0.39 is 0 Å². The molecular formula is C22H24NO3+. The van der Waals surface area contributed by atoms with Gasteiger partial charge in [-0.1, -0.05) is 24.3 Å². The molecular weight excluding hydrogens is 326 g/mol. The molecule has 0 spiro atoms. The lowest BCUT2D eigenvalue weighted by atomic mass is 10.1. The van der Waals surface area contributed by atoms with Crippen molar-refractivity contribution in [2.75, 3.05) is 20.8 Å². The number of rotatable bonds is 7. The van der Waals surface area contributed by atoms with Crippen LogP contribution in [0.25, 0.3) is 23.1 Å². The zero-order valence-electron chi connectivity index (χ0n) is 15.4. The van der Waals surface area contributed by atoms with Gasteiger partial charge in [-0.05, 0) is 35.9 Å². The Hall–Kier alpha value is -2.69. The monoisotopic (exact) mass is 350 g/mol. The lowest BCUT2D eigenvalue weighted by molar-refractivity contribution is -0.646. The van der Waals surface area contributed by atoms with Gasteiger partial charge in [-0.3, -0.25) is 0 Å². The van der Waals surface area contributed by atoms with Crippen LogP contribution in [0.4, 0.5) is 0 Å². The molecule has 0 radical (unpaired) electrons. The van der Waals surface area contributed by atoms with E-state index >= 15 is 0 Å². The first kappa shape index (κ1) is 18.1. The van der Waals surface area contributed by atoms with Gasteiger partial charge in [0.1, 0.15) is 19.4 Å². The molecule has 0 N–H and O–H groups in total. The van der Waals surface area contributed by atoms with Crippen molar-refractivity contribution in [3.05, 3.63) is 71.9 Å². The van der Waals surface area contributed by atoms with Gasteiger partial charge in [-0.15, -0.1) is 0 Å². The third kappa shape index (κ3) is 4.28. The number of aromatic nitrogens is 1. The number of hydrogen-bond donors (Lipinski definition) is 0. The van der Waals surface area contributed by atoms with Crippen LogP contribution in [0.3, 0.4) is 0 Å². The SMILES string of the molecule is COC(COc1ccc(C=Cc2ccc3ccccc3[n+]2C)cc1)OC. The standard InChI is InChI=1S/C22H24NO3/c1-23-19(13-11-18-6-4-5-7-21(18)23)12-8-17-9-14-20(15-10-17)26-16-22(24-2)25-3/h4-15,22H,16H2,1-3H3/q+1. The van der Waals surface area contributed by atoms with E-state index in [0.29, 0.717) is 6.61 Å². The molecule has 26 heavy (non-hydrogen) atoms. The van der Waals surface area contributed by atoms with E-state index in [-0.39, 0.29) is 6.29 Å². The highest BCUT2D eigenvalue weighted by Gasteiger charge is 2.08. The molecule has 0 saturated heterocycles. The molecule has 0 fully saturated rings. The van der Waals surface area contributed by atoms with E-state index in [1.165, 1.54) is 10.9 Å². The summed E-state index contributed by atoms with van der Waals surface area (Å²) in [7, 11) is 5.28. The Labute approximate surface area is 154 Å². The van der Waals surface area contributed by atoms with Gasteiger partial charge in [0.05, 0.1) is 0 Å². The van der Waals surface area contributed by atoms with Gasteiger partial charge in [-0.2, -0.15) is 4.57 Å². The Bertz CT molecular complexity index is 884. The summed E-state index contributed by atoms with van der Waals surface area (Å²) in [5, 5.41) is 1.24. The molecule has 0 aliphatic heterocycles. The number of aryl methyl sites for hydroxylation is 1. The average Bonchev–Trinajstić information content (AvgIpc) is 2.69. The third-order valence-electron chi connectivity index (χ3n) is 4.36. The number of fused-ring (bicyclic) bond motifs is 1. The summed E-state index contributed by atoms with van der Waals surface area (Å²) in [5.74, 6) is 0.789. The lowest BCUT2D eigenvalue weighted by Crippen LogP contribution is -2.32. The van der Waals surface area contributed by atoms with Crippen LogP contribution in [0.2, 0.25) is 0 Å². The van der Waals surface area contributed by atoms with Crippen molar-refractivity contribution in [1.29, 1.82) is 0 Å². The van der Waals surface area contributed by atoms with E-state index in [1.807, 2.05) is 24.3 Å². The summed E-state index contributed by atoms with van der Waals surface area (Å²) in [4.78, 5) is 0. The number of para-hydroxylation sites is 1. The maximum absolute atomic E-state index is 5.66. The number of nitrogens with zero attached hydrogens (tertiary/aromatic N) is 1. The molecule has 1 aromatic heterocycles. The smallest absolute Gasteiger partial charge is 0.212 e. The van der Waals surface area contributed by atoms with Crippen LogP contribution >= 0.6 is 0 Å². The van der Waals surface area contributed by atoms with Crippen molar-refractivity contribution in [1.82, 2.24) is 0 Å². The van der Waals surface area contributed by atoms with Crippen LogP contribution in [0.5, 0.6) is 5.75 Å². The van der Waals surface area contributed by atoms with Crippen molar-refractivity contribution < 1.29 is 18.8 Å². The highest BCUT2D eigenvalue weighted by molar-refractivity contribution is 5.77. The molecule has 0 amide bonds. The van der Waals surface area contributed by atoms with Crippen LogP contribution in [0.15, 0.2) is 60.7 Å². The minimum absolute atomic E-state index is 0.356. The summed E-state index contributed by atoms with van der Waals surface area (Å²) < 4.78 is 18.1. The Morgan fingerprint density at radius 1 is 0.885 bits per heavy atom. The first-order valence-corrected chi connectivity index (χ1v) is 8.55. The van der Waals surface area contributed by atoms with Gasteiger partial charge in [0.15, 0.2) is 6.29 Å². The fourth-order valence-electron chi connectivity index (χ4n) is 2.78. The van der Waals surface area contributed by atoms with Gasteiger partial charge in [0, 0.05) is 37.8 Å². The maximum Gasteiger partial charge on any atom is 0.212 e. The van der Waals surface area contributed by atoms with E-state index in [0.717, 1.165) is 17.0 Å². The zero-order valence-corrected chi connectivity index (χ0v) is 15.4. The van der Waals surface area contributed by atoms with Crippen LogP contribution < -0.4 is 9.30 Å². The van der Waals surface area contributed by atoms with E-state index in [2.05, 4.69) is 60.2 Å². The summed E-state index contributed by atoms with van der Waals surface area (Å²) in [6.45, 7) is 0.356. The molecule has 4 heteroatoms. The predicted molar refractivity (Wildman–Crippen MR) is 104 cm³/mol. The molecule has 0 aliphatic rings. The minimum atomic E-state index is -0.359. The second-order valence-corrected chi connectivity index (χ2v) is 5.99. The maximum atomic E-state index is 5.66. The Kier molecular flexibility index (Phi) is 6.00. The molecule has 0 aliphatic carbocycles. The number of benzene rings is 2. The van der Waals surface area contributed by atoms with Gasteiger partial charge < -0.3 is 14.2 Å². The number of hydrogen-bond acceptors (Lipinski definition) is 3. The van der Waals surface area contributed by atoms with Crippen LogP contribution in [-0.4, -0.2) is 27.1 Å². The quantitative estimate of drug-likeness (QED) is 0.479. The van der Waals surface area contributed by atoms with Crippen LogP contribution in [-0.2, 0) is 16.5 Å². The fraction of sp³-hybridized carbons (Fsp3) is 0.227. The second-order valence-electron chi connectivity index (χ2n) is 5.99. The Morgan fingerprint density at radius 3 is 2.35 bits per heavy atom. The van der Waals surface area contributed by atoms with Crippen molar-refractivity contribution in [2.45, 2.75) is 6.29 Å². The van der Waals surface area contributed by atoms with Gasteiger partial charge in [0.25, 0.3) is 0 Å². The topological polar surface area (TPSA) is 31.6 Å². The number of ether oxygens (including phenoxy) is 3. The van der Waals surface area contributed by atoms with Crippen LogP contribution in [0.1, 0.15) is 11.3 Å². The summed E-state index contributed by atoms with van der Waals surface area (Å²) in [6.07, 6.45) is 3.86. The third-order valence-corrected chi connectivity index (χ3v) is 4.36. The highest BCUT2D eigenvalue weighted by atomic mass is 16.7. The lowest BCUT2D eigenvalue weighted by Gasteiger charge is -2.14. The molecule has 0 unspecified atom stereocenters. The molecule has 0 bridgehead atoms. The summed E-state index contributed by atoms with van der Waals surface area (Å²) in [5.41, 5.74) is 3.47. The largest absolute Gasteiger partial charge is 0.488 e. The van der Waals surface area contributed by atoms with E-state index in [4.69, 9.17) is 14.2 Å². The molecule has 3 aromatic rings. The number of methoxy groups -OCH3 is 2. The van der Waals surface area contributed by atoms with Crippen molar-refractivity contribution >= 4 is 23.1 Å². The molecule has 3 rings (SSSR count). The Morgan fingerprint density at radius 2 is 1.62 bits per heavy atom. The summed E-state index contributed by atoms with van der Waals surface area (Å²) >= 11 is 0. The van der Waals surface area contributed by atoms with Crippen LogP contribution in [0, 0.1) is 0 Å². The van der Waals surface area contributed by atoms with Gasteiger partial charge in [-0.25, -0.2) is 0 Å². The molecule has 1 heterocycles. The molecule has 2 aromatic carbocycles. The first-order valence-electron chi connectivity index (χ1n) is 8.55. The molecule has 134 valence electrons. The predicted octanol–water partition coefficient (Wildman–Crippen LogP) is 3.83. The first-order chi connectivity index (χ1) is 12.7. The molecule has 0 atom stereocenters. The van der Waals surface area contributed by atoms with E-state index in [1.54, 1.807) is 14.2 Å². The summed E-state index contributed by atoms with van der Waals surface area (Å²) in [6, 6.07) is 20.6. The highest BCUT2D eigenvalue weighted by Crippen LogP contribution is 2.16. The van der Waals surface area contributed by atoms with Gasteiger partial charge >= 0.3 is 0 Å². The van der Waals surface area contributed by atoms with Crippen molar-refractivity contribution in [2.24, 2.45) is 7.05 Å². The van der Waals surface area contributed by atoms with Crippen molar-refractivity contribution in [3.8, 4) is 5.75 Å². The number of pyridine rings is 1. The molecule has 0 saturated carbocycles. The second kappa shape index (κ2) is 8.61. The minimum Gasteiger partial charge on any atom is -0.488 e. The zero-order chi connectivity index (χ0) is 18.4. The normalized spacial score (nSPS) is 11.5. The van der Waals surface area contributed by atoms with Gasteiger partial charge in [0.2, 0.25) is 11.2 Å². The Balaban J connectivity index is 1.70. The van der Waals surface area contributed by atoms with E-state index in [9.17, 15) is 0 Å².